The van der Waals surface area contributed by atoms with Gasteiger partial charge >= 0.3 is 0 Å². The number of hydrogen-bond acceptors (Lipinski definition) is 5. The van der Waals surface area contributed by atoms with Crippen molar-refractivity contribution >= 4 is 27.8 Å². The minimum Gasteiger partial charge on any atom is -0.480 e. The Morgan fingerprint density at radius 1 is 1.65 bits per heavy atom. The summed E-state index contributed by atoms with van der Waals surface area (Å²) in [7, 11) is 3.32. The Morgan fingerprint density at radius 3 is 3.00 bits per heavy atom. The van der Waals surface area contributed by atoms with Crippen LogP contribution in [0.25, 0.3) is 0 Å². The van der Waals surface area contributed by atoms with Crippen LogP contribution in [0.2, 0.25) is 0 Å². The number of aromatic nitrogens is 2. The molecule has 92 valence electrons. The van der Waals surface area contributed by atoms with Gasteiger partial charge in [0.2, 0.25) is 17.7 Å². The number of nitrogens with one attached hydrogen (secondary N) is 1. The maximum atomic E-state index is 11.7. The average molecular weight is 301 g/mol. The second-order valence-corrected chi connectivity index (χ2v) is 4.65. The number of carbonyl (C=O) groups is 1. The third-order valence-corrected chi connectivity index (χ3v) is 3.18. The lowest BCUT2D eigenvalue weighted by Gasteiger charge is -2.12. The number of likely N-dealkylation sites (tertiary alicyclic amines) is 1. The quantitative estimate of drug-likeness (QED) is 0.898. The lowest BCUT2D eigenvalue weighted by Crippen LogP contribution is -2.31. The number of ether oxygens (including phenoxy) is 1. The number of hydrogen-bond donors (Lipinski definition) is 1. The molecule has 1 fully saturated rings. The van der Waals surface area contributed by atoms with E-state index in [2.05, 4.69) is 31.2 Å². The zero-order valence-electron chi connectivity index (χ0n) is 9.61. The average Bonchev–Trinajstić information content (AvgIpc) is 2.63. The van der Waals surface area contributed by atoms with Gasteiger partial charge in [-0.05, 0) is 22.4 Å². The first-order valence-corrected chi connectivity index (χ1v) is 5.99. The first-order valence-electron chi connectivity index (χ1n) is 5.20. The molecule has 0 bridgehead atoms. The van der Waals surface area contributed by atoms with E-state index in [1.807, 2.05) is 0 Å². The molecule has 0 aromatic carbocycles. The van der Waals surface area contributed by atoms with E-state index < -0.39 is 0 Å². The summed E-state index contributed by atoms with van der Waals surface area (Å²) < 4.78 is 5.75. The van der Waals surface area contributed by atoms with Gasteiger partial charge in [-0.25, -0.2) is 4.98 Å². The van der Waals surface area contributed by atoms with Gasteiger partial charge in [-0.3, -0.25) is 4.79 Å². The first-order chi connectivity index (χ1) is 8.11. The van der Waals surface area contributed by atoms with Crippen LogP contribution in [0.4, 0.5) is 5.95 Å². The minimum atomic E-state index is -0.245. The Morgan fingerprint density at radius 2 is 2.41 bits per heavy atom. The Hall–Kier alpha value is -1.37. The van der Waals surface area contributed by atoms with Crippen LogP contribution in [-0.4, -0.2) is 47.5 Å². The SMILES string of the molecule is COc1nc(NC2CCN(C)C2=O)ncc1Br. The Labute approximate surface area is 108 Å². The molecule has 2 rings (SSSR count). The van der Waals surface area contributed by atoms with E-state index in [1.54, 1.807) is 18.1 Å². The van der Waals surface area contributed by atoms with Crippen molar-refractivity contribution in [1.29, 1.82) is 0 Å². The van der Waals surface area contributed by atoms with Gasteiger partial charge in [0.1, 0.15) is 6.04 Å². The second kappa shape index (κ2) is 4.87. The van der Waals surface area contributed by atoms with Gasteiger partial charge in [-0.2, -0.15) is 4.98 Å². The number of likely N-dealkylation sites (N-methyl/N-ethyl adjacent to an activating group) is 1. The topological polar surface area (TPSA) is 67.3 Å². The van der Waals surface area contributed by atoms with Crippen molar-refractivity contribution in [1.82, 2.24) is 14.9 Å². The van der Waals surface area contributed by atoms with E-state index in [9.17, 15) is 4.79 Å². The molecule has 1 saturated heterocycles. The Kier molecular flexibility index (Phi) is 3.46. The molecule has 0 radical (unpaired) electrons. The molecule has 2 heterocycles. The maximum absolute atomic E-state index is 11.7. The van der Waals surface area contributed by atoms with E-state index in [-0.39, 0.29) is 11.9 Å². The van der Waals surface area contributed by atoms with Crippen LogP contribution in [0, 0.1) is 0 Å². The fraction of sp³-hybridized carbons (Fsp3) is 0.500. The number of carbonyl (C=O) groups excluding carboxylic acids is 1. The van der Waals surface area contributed by atoms with Crippen LogP contribution in [0.1, 0.15) is 6.42 Å². The number of methoxy groups -OCH3 is 1. The van der Waals surface area contributed by atoms with Gasteiger partial charge < -0.3 is 15.0 Å². The zero-order chi connectivity index (χ0) is 12.4. The summed E-state index contributed by atoms with van der Waals surface area (Å²) in [5.74, 6) is 0.912. The Bertz CT molecular complexity index is 440. The lowest BCUT2D eigenvalue weighted by atomic mass is 10.2. The minimum absolute atomic E-state index is 0.0653. The first kappa shape index (κ1) is 12.1. The highest BCUT2D eigenvalue weighted by molar-refractivity contribution is 9.10. The molecular formula is C10H13BrN4O2. The molecule has 17 heavy (non-hydrogen) atoms. The molecule has 0 saturated carbocycles. The summed E-state index contributed by atoms with van der Waals surface area (Å²) in [5.41, 5.74) is 0. The number of halogens is 1. The lowest BCUT2D eigenvalue weighted by molar-refractivity contribution is -0.127. The molecule has 1 atom stereocenters. The van der Waals surface area contributed by atoms with E-state index in [4.69, 9.17) is 4.74 Å². The standard InChI is InChI=1S/C10H13BrN4O2/c1-15-4-3-7(9(15)16)13-10-12-5-6(11)8(14-10)17-2/h5,7H,3-4H2,1-2H3,(H,12,13,14). The number of rotatable bonds is 3. The summed E-state index contributed by atoms with van der Waals surface area (Å²) in [4.78, 5) is 21.6. The summed E-state index contributed by atoms with van der Waals surface area (Å²) >= 11 is 3.27. The highest BCUT2D eigenvalue weighted by atomic mass is 79.9. The van der Waals surface area contributed by atoms with Crippen molar-refractivity contribution in [3.63, 3.8) is 0 Å². The van der Waals surface area contributed by atoms with Gasteiger partial charge in [-0.15, -0.1) is 0 Å². The molecule has 1 aromatic heterocycles. The largest absolute Gasteiger partial charge is 0.480 e. The summed E-state index contributed by atoms with van der Waals surface area (Å²) in [6.45, 7) is 0.754. The molecule has 1 unspecified atom stereocenters. The van der Waals surface area contributed by atoms with Gasteiger partial charge in [-0.1, -0.05) is 0 Å². The van der Waals surface area contributed by atoms with Gasteiger partial charge in [0.25, 0.3) is 0 Å². The molecule has 1 aliphatic rings. The molecule has 0 spiro atoms. The monoisotopic (exact) mass is 300 g/mol. The summed E-state index contributed by atoms with van der Waals surface area (Å²) in [6, 6.07) is -0.245. The van der Waals surface area contributed by atoms with Crippen LogP contribution in [-0.2, 0) is 4.79 Å². The fourth-order valence-electron chi connectivity index (χ4n) is 1.68. The van der Waals surface area contributed by atoms with Crippen LogP contribution in [0.15, 0.2) is 10.7 Å². The smallest absolute Gasteiger partial charge is 0.244 e. The summed E-state index contributed by atoms with van der Waals surface area (Å²) in [6.07, 6.45) is 2.36. The molecule has 7 heteroatoms. The summed E-state index contributed by atoms with van der Waals surface area (Å²) in [5, 5.41) is 3.01. The molecule has 0 aliphatic carbocycles. The number of anilines is 1. The van der Waals surface area contributed by atoms with Gasteiger partial charge in [0, 0.05) is 13.6 Å². The van der Waals surface area contributed by atoms with Gasteiger partial charge in [0.05, 0.1) is 17.8 Å². The second-order valence-electron chi connectivity index (χ2n) is 3.80. The third kappa shape index (κ3) is 2.49. The van der Waals surface area contributed by atoms with Crippen LogP contribution in [0.3, 0.4) is 0 Å². The fourth-order valence-corrected chi connectivity index (χ4v) is 2.03. The molecule has 1 aromatic rings. The van der Waals surface area contributed by atoms with Gasteiger partial charge in [0.15, 0.2) is 0 Å². The highest BCUT2D eigenvalue weighted by Crippen LogP contribution is 2.22. The normalized spacial score (nSPS) is 19.6. The molecular weight excluding hydrogens is 288 g/mol. The van der Waals surface area contributed by atoms with Crippen molar-refractivity contribution in [2.45, 2.75) is 12.5 Å². The predicted octanol–water partition coefficient (Wildman–Crippen LogP) is 0.890. The third-order valence-electron chi connectivity index (χ3n) is 2.64. The zero-order valence-corrected chi connectivity index (χ0v) is 11.2. The number of nitrogens with zero attached hydrogens (tertiary/aromatic N) is 3. The van der Waals surface area contributed by atoms with Crippen LogP contribution < -0.4 is 10.1 Å². The maximum Gasteiger partial charge on any atom is 0.244 e. The molecule has 1 N–H and O–H groups in total. The molecule has 6 nitrogen and oxygen atoms in total. The van der Waals surface area contributed by atoms with Crippen molar-refractivity contribution in [3.05, 3.63) is 10.7 Å². The van der Waals surface area contributed by atoms with E-state index in [1.165, 1.54) is 7.11 Å². The van der Waals surface area contributed by atoms with Crippen molar-refractivity contribution in [2.24, 2.45) is 0 Å². The van der Waals surface area contributed by atoms with Crippen LogP contribution in [0.5, 0.6) is 5.88 Å². The van der Waals surface area contributed by atoms with E-state index in [0.717, 1.165) is 13.0 Å². The van der Waals surface area contributed by atoms with Crippen molar-refractivity contribution in [3.8, 4) is 5.88 Å². The number of amides is 1. The van der Waals surface area contributed by atoms with Crippen molar-refractivity contribution in [2.75, 3.05) is 26.0 Å². The predicted molar refractivity (Wildman–Crippen MR) is 65.9 cm³/mol. The Balaban J connectivity index is 2.11. The highest BCUT2D eigenvalue weighted by Gasteiger charge is 2.29. The molecule has 1 amide bonds. The van der Waals surface area contributed by atoms with Crippen molar-refractivity contribution < 1.29 is 9.53 Å². The van der Waals surface area contributed by atoms with Crippen LogP contribution >= 0.6 is 15.9 Å². The molecule has 1 aliphatic heterocycles. The van der Waals surface area contributed by atoms with E-state index >= 15 is 0 Å². The van der Waals surface area contributed by atoms with E-state index in [0.29, 0.717) is 16.3 Å².